The first kappa shape index (κ1) is 20.0. The summed E-state index contributed by atoms with van der Waals surface area (Å²) in [5.74, 6) is -0.244. The topological polar surface area (TPSA) is 102 Å². The van der Waals surface area contributed by atoms with Crippen molar-refractivity contribution < 1.29 is 9.53 Å². The van der Waals surface area contributed by atoms with E-state index in [1.807, 2.05) is 18.2 Å². The number of nitrogen functional groups attached to an aromatic ring is 1. The van der Waals surface area contributed by atoms with Gasteiger partial charge in [-0.1, -0.05) is 42.5 Å². The lowest BCUT2D eigenvalue weighted by atomic mass is 10.1. The SMILES string of the molecule is CNC(=O)c1nc(-c2cccc(CN[C@H]3c4ccccc4C[C@H]3OC)c2)cnc1N. The van der Waals surface area contributed by atoms with Crippen molar-refractivity contribution in [3.8, 4) is 11.3 Å². The van der Waals surface area contributed by atoms with Crippen molar-refractivity contribution in [2.24, 2.45) is 0 Å². The zero-order valence-corrected chi connectivity index (χ0v) is 17.1. The zero-order valence-electron chi connectivity index (χ0n) is 17.1. The minimum Gasteiger partial charge on any atom is -0.382 e. The van der Waals surface area contributed by atoms with E-state index in [0.717, 1.165) is 17.5 Å². The maximum atomic E-state index is 12.0. The van der Waals surface area contributed by atoms with Crippen molar-refractivity contribution in [2.45, 2.75) is 25.1 Å². The van der Waals surface area contributed by atoms with Gasteiger partial charge in [-0.3, -0.25) is 4.79 Å². The maximum Gasteiger partial charge on any atom is 0.273 e. The number of nitrogens with one attached hydrogen (secondary N) is 2. The summed E-state index contributed by atoms with van der Waals surface area (Å²) in [7, 11) is 3.30. The Hall–Kier alpha value is -3.29. The van der Waals surface area contributed by atoms with Crippen molar-refractivity contribution >= 4 is 11.7 Å². The zero-order chi connectivity index (χ0) is 21.1. The summed E-state index contributed by atoms with van der Waals surface area (Å²) in [6.07, 6.45) is 2.61. The number of anilines is 1. The molecule has 4 N–H and O–H groups in total. The highest BCUT2D eigenvalue weighted by Gasteiger charge is 2.31. The molecule has 2 atom stereocenters. The largest absolute Gasteiger partial charge is 0.382 e. The van der Waals surface area contributed by atoms with Crippen LogP contribution in [0.25, 0.3) is 11.3 Å². The molecular weight excluding hydrogens is 378 g/mol. The van der Waals surface area contributed by atoms with Crippen LogP contribution in [0.1, 0.15) is 33.2 Å². The Labute approximate surface area is 175 Å². The predicted molar refractivity (Wildman–Crippen MR) is 116 cm³/mol. The first-order chi connectivity index (χ1) is 14.6. The third-order valence-electron chi connectivity index (χ3n) is 5.48. The first-order valence-corrected chi connectivity index (χ1v) is 9.88. The van der Waals surface area contributed by atoms with Gasteiger partial charge in [0, 0.05) is 32.7 Å². The number of fused-ring (bicyclic) bond motifs is 1. The molecule has 7 heteroatoms. The van der Waals surface area contributed by atoms with Gasteiger partial charge in [0.2, 0.25) is 0 Å². The van der Waals surface area contributed by atoms with Crippen LogP contribution in [0.15, 0.2) is 54.7 Å². The van der Waals surface area contributed by atoms with E-state index in [-0.39, 0.29) is 29.6 Å². The van der Waals surface area contributed by atoms with E-state index >= 15 is 0 Å². The van der Waals surface area contributed by atoms with Crippen LogP contribution in [0.5, 0.6) is 0 Å². The first-order valence-electron chi connectivity index (χ1n) is 9.88. The third-order valence-corrected chi connectivity index (χ3v) is 5.48. The third kappa shape index (κ3) is 3.90. The molecule has 0 radical (unpaired) electrons. The van der Waals surface area contributed by atoms with E-state index in [9.17, 15) is 4.79 Å². The highest BCUT2D eigenvalue weighted by Crippen LogP contribution is 2.33. The Morgan fingerprint density at radius 1 is 1.23 bits per heavy atom. The lowest BCUT2D eigenvalue weighted by Crippen LogP contribution is -2.29. The van der Waals surface area contributed by atoms with Gasteiger partial charge in [-0.25, -0.2) is 9.97 Å². The Kier molecular flexibility index (Phi) is 5.74. The Morgan fingerprint density at radius 2 is 2.07 bits per heavy atom. The number of rotatable bonds is 6. The van der Waals surface area contributed by atoms with E-state index in [1.165, 1.54) is 18.2 Å². The van der Waals surface area contributed by atoms with Crippen LogP contribution in [0.4, 0.5) is 5.82 Å². The van der Waals surface area contributed by atoms with Gasteiger partial charge in [0.1, 0.15) is 0 Å². The number of nitrogens with two attached hydrogens (primary N) is 1. The highest BCUT2D eigenvalue weighted by atomic mass is 16.5. The van der Waals surface area contributed by atoms with Gasteiger partial charge in [-0.15, -0.1) is 0 Å². The maximum absolute atomic E-state index is 12.0. The van der Waals surface area contributed by atoms with E-state index in [4.69, 9.17) is 10.5 Å². The summed E-state index contributed by atoms with van der Waals surface area (Å²) in [5, 5.41) is 6.17. The minimum absolute atomic E-state index is 0.112. The Balaban J connectivity index is 1.54. The van der Waals surface area contributed by atoms with Crippen LogP contribution < -0.4 is 16.4 Å². The number of nitrogens with zero attached hydrogens (tertiary/aromatic N) is 2. The van der Waals surface area contributed by atoms with Crippen LogP contribution >= 0.6 is 0 Å². The molecule has 154 valence electrons. The molecule has 2 aromatic carbocycles. The number of amides is 1. The highest BCUT2D eigenvalue weighted by molar-refractivity contribution is 5.96. The summed E-state index contributed by atoms with van der Waals surface area (Å²) >= 11 is 0. The number of carbonyl (C=O) groups excluding carboxylic acids is 1. The smallest absolute Gasteiger partial charge is 0.273 e. The second-order valence-electron chi connectivity index (χ2n) is 7.30. The molecule has 30 heavy (non-hydrogen) atoms. The molecule has 1 aliphatic rings. The monoisotopic (exact) mass is 403 g/mol. The van der Waals surface area contributed by atoms with Gasteiger partial charge >= 0.3 is 0 Å². The van der Waals surface area contributed by atoms with Crippen molar-refractivity contribution in [1.29, 1.82) is 0 Å². The number of methoxy groups -OCH3 is 1. The normalized spacial score (nSPS) is 17.5. The van der Waals surface area contributed by atoms with E-state index in [2.05, 4.69) is 50.9 Å². The molecule has 4 rings (SSSR count). The fraction of sp³-hybridized carbons (Fsp3) is 0.261. The van der Waals surface area contributed by atoms with Crippen LogP contribution in [-0.2, 0) is 17.7 Å². The summed E-state index contributed by atoms with van der Waals surface area (Å²) in [5.41, 5.74) is 11.1. The number of carbonyl (C=O) groups is 1. The molecular formula is C23H25N5O2. The number of aromatic nitrogens is 2. The fourth-order valence-corrected chi connectivity index (χ4v) is 3.91. The molecule has 0 saturated carbocycles. The van der Waals surface area contributed by atoms with Crippen LogP contribution in [0.3, 0.4) is 0 Å². The predicted octanol–water partition coefficient (Wildman–Crippen LogP) is 2.49. The van der Waals surface area contributed by atoms with Crippen LogP contribution in [0.2, 0.25) is 0 Å². The quantitative estimate of drug-likeness (QED) is 0.584. The Bertz CT molecular complexity index is 1070. The second kappa shape index (κ2) is 8.61. The number of benzene rings is 2. The molecule has 0 unspecified atom stereocenters. The summed E-state index contributed by atoms with van der Waals surface area (Å²) in [6, 6.07) is 16.6. The molecule has 0 saturated heterocycles. The minimum atomic E-state index is -0.356. The van der Waals surface area contributed by atoms with Crippen LogP contribution in [0, 0.1) is 0 Å². The van der Waals surface area contributed by atoms with Crippen molar-refractivity contribution in [1.82, 2.24) is 20.6 Å². The summed E-state index contributed by atoms with van der Waals surface area (Å²) in [4.78, 5) is 20.5. The average Bonchev–Trinajstić information content (AvgIpc) is 3.15. The molecule has 0 fully saturated rings. The number of ether oxygens (including phenoxy) is 1. The van der Waals surface area contributed by atoms with E-state index in [1.54, 1.807) is 13.3 Å². The van der Waals surface area contributed by atoms with Gasteiger partial charge in [-0.2, -0.15) is 0 Å². The van der Waals surface area contributed by atoms with E-state index in [0.29, 0.717) is 12.2 Å². The molecule has 1 heterocycles. The van der Waals surface area contributed by atoms with Gasteiger partial charge in [-0.05, 0) is 22.8 Å². The standard InChI is InChI=1S/C23H25N5O2/c1-25-23(29)21-22(24)27-13-18(28-21)16-8-5-6-14(10-16)12-26-20-17-9-4-3-7-15(17)11-19(20)30-2/h3-10,13,19-20,26H,11-12H2,1-2H3,(H2,24,27)(H,25,29)/t19-,20+/m1/s1. The van der Waals surface area contributed by atoms with Gasteiger partial charge in [0.05, 0.1) is 24.0 Å². The molecule has 1 aromatic heterocycles. The van der Waals surface area contributed by atoms with Crippen molar-refractivity contribution in [3.63, 3.8) is 0 Å². The summed E-state index contributed by atoms with van der Waals surface area (Å²) in [6.45, 7) is 0.678. The molecule has 1 amide bonds. The molecule has 0 aliphatic heterocycles. The molecule has 1 aliphatic carbocycles. The van der Waals surface area contributed by atoms with Crippen molar-refractivity contribution in [3.05, 3.63) is 77.1 Å². The molecule has 0 bridgehead atoms. The summed E-state index contributed by atoms with van der Waals surface area (Å²) < 4.78 is 5.71. The Morgan fingerprint density at radius 3 is 2.87 bits per heavy atom. The molecule has 7 nitrogen and oxygen atoms in total. The molecule has 0 spiro atoms. The van der Waals surface area contributed by atoms with E-state index < -0.39 is 0 Å². The number of hydrogen-bond acceptors (Lipinski definition) is 6. The lowest BCUT2D eigenvalue weighted by Gasteiger charge is -2.21. The molecule has 3 aromatic rings. The van der Waals surface area contributed by atoms with Gasteiger partial charge < -0.3 is 21.1 Å². The fourth-order valence-electron chi connectivity index (χ4n) is 3.91. The number of hydrogen-bond donors (Lipinski definition) is 3. The van der Waals surface area contributed by atoms with Crippen molar-refractivity contribution in [2.75, 3.05) is 19.9 Å². The second-order valence-corrected chi connectivity index (χ2v) is 7.30. The lowest BCUT2D eigenvalue weighted by molar-refractivity contribution is 0.0784. The van der Waals surface area contributed by atoms with Gasteiger partial charge in [0.25, 0.3) is 5.91 Å². The average molecular weight is 403 g/mol. The van der Waals surface area contributed by atoms with Gasteiger partial charge in [0.15, 0.2) is 11.5 Å². The van der Waals surface area contributed by atoms with Crippen LogP contribution in [-0.4, -0.2) is 36.1 Å².